The van der Waals surface area contributed by atoms with Crippen LogP contribution in [0.5, 0.6) is 5.75 Å². The van der Waals surface area contributed by atoms with Crippen molar-refractivity contribution in [1.82, 2.24) is 20.5 Å². The van der Waals surface area contributed by atoms with Crippen LogP contribution in [0.15, 0.2) is 47.2 Å². The number of furan rings is 1. The van der Waals surface area contributed by atoms with Gasteiger partial charge in [0.05, 0.1) is 19.9 Å². The summed E-state index contributed by atoms with van der Waals surface area (Å²) >= 11 is 0. The summed E-state index contributed by atoms with van der Waals surface area (Å²) in [5.74, 6) is 0.888. The van der Waals surface area contributed by atoms with E-state index in [4.69, 9.17) is 9.15 Å². The third-order valence-electron chi connectivity index (χ3n) is 5.39. The summed E-state index contributed by atoms with van der Waals surface area (Å²) in [6, 6.07) is 8.12. The normalized spacial score (nSPS) is 16.0. The molecule has 3 heterocycles. The van der Waals surface area contributed by atoms with Crippen LogP contribution in [0.25, 0.3) is 10.9 Å². The molecule has 0 aliphatic carbocycles. The van der Waals surface area contributed by atoms with Crippen LogP contribution in [0.1, 0.15) is 24.2 Å². The highest BCUT2D eigenvalue weighted by atomic mass is 16.5. The molecule has 3 N–H and O–H groups in total. The second-order valence-electron chi connectivity index (χ2n) is 7.36. The van der Waals surface area contributed by atoms with Gasteiger partial charge in [0.25, 0.3) is 5.91 Å². The molecule has 31 heavy (non-hydrogen) atoms. The lowest BCUT2D eigenvalue weighted by atomic mass is 10.1. The SMILES string of the molecule is COc1ccc2[nH]cc(CCN3C(=O)NC(CCC(=O)NCc4ccco4)C3=O)c2c1. The third kappa shape index (κ3) is 4.55. The Bertz CT molecular complexity index is 1090. The number of urea groups is 1. The summed E-state index contributed by atoms with van der Waals surface area (Å²) in [6.07, 6.45) is 4.31. The summed E-state index contributed by atoms with van der Waals surface area (Å²) in [7, 11) is 1.61. The van der Waals surface area contributed by atoms with Gasteiger partial charge in [-0.05, 0) is 48.7 Å². The second-order valence-corrected chi connectivity index (χ2v) is 7.36. The number of nitrogens with zero attached hydrogens (tertiary/aromatic N) is 1. The average molecular weight is 424 g/mol. The first-order valence-corrected chi connectivity index (χ1v) is 10.1. The van der Waals surface area contributed by atoms with Crippen LogP contribution < -0.4 is 15.4 Å². The lowest BCUT2D eigenvalue weighted by Gasteiger charge is -2.13. The molecule has 9 heteroatoms. The zero-order chi connectivity index (χ0) is 21.8. The number of ether oxygens (including phenoxy) is 1. The molecule has 0 radical (unpaired) electrons. The Morgan fingerprint density at radius 3 is 2.94 bits per heavy atom. The molecule has 2 aromatic heterocycles. The number of carbonyl (C=O) groups is 3. The molecule has 0 bridgehead atoms. The largest absolute Gasteiger partial charge is 0.497 e. The number of nitrogens with one attached hydrogen (secondary N) is 3. The molecule has 1 aromatic carbocycles. The van der Waals surface area contributed by atoms with Gasteiger partial charge in [0.1, 0.15) is 17.6 Å². The molecule has 1 saturated heterocycles. The van der Waals surface area contributed by atoms with Gasteiger partial charge in [-0.3, -0.25) is 14.5 Å². The number of aromatic nitrogens is 1. The zero-order valence-electron chi connectivity index (χ0n) is 17.1. The quantitative estimate of drug-likeness (QED) is 0.456. The lowest BCUT2D eigenvalue weighted by molar-refractivity contribution is -0.127. The van der Waals surface area contributed by atoms with Gasteiger partial charge in [-0.1, -0.05) is 0 Å². The van der Waals surface area contributed by atoms with E-state index >= 15 is 0 Å². The molecule has 162 valence electrons. The van der Waals surface area contributed by atoms with E-state index in [1.165, 1.54) is 11.2 Å². The monoisotopic (exact) mass is 424 g/mol. The maximum Gasteiger partial charge on any atom is 0.324 e. The molecule has 4 rings (SSSR count). The zero-order valence-corrected chi connectivity index (χ0v) is 17.1. The summed E-state index contributed by atoms with van der Waals surface area (Å²) in [5.41, 5.74) is 1.96. The van der Waals surface area contributed by atoms with Crippen LogP contribution in [-0.4, -0.2) is 47.4 Å². The minimum Gasteiger partial charge on any atom is -0.497 e. The summed E-state index contributed by atoms with van der Waals surface area (Å²) in [5, 5.41) is 6.40. The van der Waals surface area contributed by atoms with Crippen LogP contribution in [0, 0.1) is 0 Å². The number of aromatic amines is 1. The van der Waals surface area contributed by atoms with Crippen molar-refractivity contribution in [2.75, 3.05) is 13.7 Å². The highest BCUT2D eigenvalue weighted by Crippen LogP contribution is 2.24. The number of hydrogen-bond donors (Lipinski definition) is 3. The van der Waals surface area contributed by atoms with Gasteiger partial charge in [0, 0.05) is 30.1 Å². The van der Waals surface area contributed by atoms with Gasteiger partial charge in [-0.25, -0.2) is 4.79 Å². The maximum atomic E-state index is 12.7. The highest BCUT2D eigenvalue weighted by Gasteiger charge is 2.37. The number of amides is 4. The van der Waals surface area contributed by atoms with Crippen molar-refractivity contribution in [2.24, 2.45) is 0 Å². The number of rotatable bonds is 9. The van der Waals surface area contributed by atoms with Crippen molar-refractivity contribution in [3.05, 3.63) is 54.1 Å². The van der Waals surface area contributed by atoms with Gasteiger partial charge in [0.2, 0.25) is 5.91 Å². The molecular weight excluding hydrogens is 400 g/mol. The Labute approximate surface area is 178 Å². The van der Waals surface area contributed by atoms with E-state index in [2.05, 4.69) is 15.6 Å². The fourth-order valence-electron chi connectivity index (χ4n) is 3.67. The van der Waals surface area contributed by atoms with Crippen LogP contribution in [-0.2, 0) is 22.6 Å². The minimum absolute atomic E-state index is 0.132. The standard InChI is InChI=1S/C22H24N4O5/c1-30-15-4-5-18-17(11-15)14(12-23-18)8-9-26-21(28)19(25-22(26)29)6-7-20(27)24-13-16-3-2-10-31-16/h2-5,10-12,19,23H,6-9,13H2,1H3,(H,24,27)(H,25,29). The van der Waals surface area contributed by atoms with Crippen molar-refractivity contribution < 1.29 is 23.5 Å². The van der Waals surface area contributed by atoms with Crippen LogP contribution in [0.4, 0.5) is 4.79 Å². The lowest BCUT2D eigenvalue weighted by Crippen LogP contribution is -2.33. The molecule has 4 amide bonds. The van der Waals surface area contributed by atoms with Gasteiger partial charge in [-0.15, -0.1) is 0 Å². The molecular formula is C22H24N4O5. The first-order chi connectivity index (χ1) is 15.0. The smallest absolute Gasteiger partial charge is 0.324 e. The molecule has 9 nitrogen and oxygen atoms in total. The molecule has 1 atom stereocenters. The summed E-state index contributed by atoms with van der Waals surface area (Å²) in [6.45, 7) is 0.550. The van der Waals surface area contributed by atoms with Crippen molar-refractivity contribution >= 4 is 28.7 Å². The number of fused-ring (bicyclic) bond motifs is 1. The molecule has 1 unspecified atom stereocenters. The van der Waals surface area contributed by atoms with Crippen molar-refractivity contribution in [2.45, 2.75) is 31.8 Å². The predicted molar refractivity (Wildman–Crippen MR) is 112 cm³/mol. The predicted octanol–water partition coefficient (Wildman–Crippen LogP) is 2.33. The second kappa shape index (κ2) is 8.95. The Morgan fingerprint density at radius 1 is 1.29 bits per heavy atom. The molecule has 1 fully saturated rings. The van der Waals surface area contributed by atoms with E-state index in [1.54, 1.807) is 19.2 Å². The molecule has 1 aliphatic heterocycles. The number of hydrogen-bond acceptors (Lipinski definition) is 5. The fourth-order valence-corrected chi connectivity index (χ4v) is 3.67. The number of imide groups is 1. The van der Waals surface area contributed by atoms with Crippen molar-refractivity contribution in [1.29, 1.82) is 0 Å². The first kappa shape index (κ1) is 20.5. The first-order valence-electron chi connectivity index (χ1n) is 10.1. The molecule has 1 aliphatic rings. The van der Waals surface area contributed by atoms with E-state index in [1.807, 2.05) is 24.4 Å². The maximum absolute atomic E-state index is 12.7. The van der Waals surface area contributed by atoms with Gasteiger partial charge in [0.15, 0.2) is 0 Å². The van der Waals surface area contributed by atoms with Gasteiger partial charge < -0.3 is 24.8 Å². The van der Waals surface area contributed by atoms with E-state index in [0.29, 0.717) is 18.7 Å². The Hall–Kier alpha value is -3.75. The number of methoxy groups -OCH3 is 1. The highest BCUT2D eigenvalue weighted by molar-refractivity contribution is 6.04. The fraction of sp³-hybridized carbons (Fsp3) is 0.318. The Balaban J connectivity index is 1.29. The summed E-state index contributed by atoms with van der Waals surface area (Å²) in [4.78, 5) is 41.4. The van der Waals surface area contributed by atoms with Crippen molar-refractivity contribution in [3.8, 4) is 5.75 Å². The van der Waals surface area contributed by atoms with Crippen LogP contribution in [0.2, 0.25) is 0 Å². The number of H-pyrrole nitrogens is 1. The third-order valence-corrected chi connectivity index (χ3v) is 5.39. The molecule has 0 spiro atoms. The topological polar surface area (TPSA) is 117 Å². The summed E-state index contributed by atoms with van der Waals surface area (Å²) < 4.78 is 10.4. The van der Waals surface area contributed by atoms with Crippen molar-refractivity contribution in [3.63, 3.8) is 0 Å². The van der Waals surface area contributed by atoms with E-state index < -0.39 is 12.1 Å². The Kier molecular flexibility index (Phi) is 5.92. The van der Waals surface area contributed by atoms with Crippen LogP contribution >= 0.6 is 0 Å². The molecule has 3 aromatic rings. The van der Waals surface area contributed by atoms with Gasteiger partial charge in [-0.2, -0.15) is 0 Å². The van der Waals surface area contributed by atoms with E-state index in [9.17, 15) is 14.4 Å². The van der Waals surface area contributed by atoms with E-state index in [0.717, 1.165) is 22.2 Å². The van der Waals surface area contributed by atoms with Crippen LogP contribution in [0.3, 0.4) is 0 Å². The van der Waals surface area contributed by atoms with Gasteiger partial charge >= 0.3 is 6.03 Å². The number of benzene rings is 1. The number of carbonyl (C=O) groups excluding carboxylic acids is 3. The Morgan fingerprint density at radius 2 is 2.16 bits per heavy atom. The average Bonchev–Trinajstić information content (AvgIpc) is 3.49. The van der Waals surface area contributed by atoms with E-state index in [-0.39, 0.29) is 31.2 Å². The minimum atomic E-state index is -0.690. The molecule has 0 saturated carbocycles.